The number of hydrogen-bond acceptors (Lipinski definition) is 5. The van der Waals surface area contributed by atoms with Crippen LogP contribution >= 0.6 is 11.6 Å². The highest BCUT2D eigenvalue weighted by atomic mass is 35.5. The van der Waals surface area contributed by atoms with Gasteiger partial charge in [0.1, 0.15) is 12.3 Å². The van der Waals surface area contributed by atoms with E-state index in [1.807, 2.05) is 25.1 Å². The van der Waals surface area contributed by atoms with E-state index in [-0.39, 0.29) is 6.54 Å². The molecule has 0 unspecified atom stereocenters. The molecule has 2 rings (SSSR count). The minimum atomic E-state index is -0.711. The second-order valence-electron chi connectivity index (χ2n) is 6.00. The fourth-order valence-corrected chi connectivity index (χ4v) is 2.68. The number of benzene rings is 2. The summed E-state index contributed by atoms with van der Waals surface area (Å²) in [6, 6.07) is 14.1. The SMILES string of the molecule is CCOc1ccccc1C(=O)NCC(=O)OCC(=O)NCCc1cccc(Cl)c1. The molecule has 2 aromatic carbocycles. The van der Waals surface area contributed by atoms with Gasteiger partial charge in [0.2, 0.25) is 0 Å². The summed E-state index contributed by atoms with van der Waals surface area (Å²) in [5.74, 6) is -1.16. The molecule has 0 saturated heterocycles. The summed E-state index contributed by atoms with van der Waals surface area (Å²) in [6.07, 6.45) is 0.607. The lowest BCUT2D eigenvalue weighted by Crippen LogP contribution is -2.34. The molecule has 2 amide bonds. The second-order valence-corrected chi connectivity index (χ2v) is 6.44. The third-order valence-corrected chi connectivity index (χ3v) is 4.05. The van der Waals surface area contributed by atoms with Crippen LogP contribution in [-0.4, -0.2) is 44.1 Å². The van der Waals surface area contributed by atoms with Crippen molar-refractivity contribution in [1.29, 1.82) is 0 Å². The number of halogens is 1. The minimum absolute atomic E-state index is 0.320. The molecule has 0 radical (unpaired) electrons. The Hall–Kier alpha value is -3.06. The monoisotopic (exact) mass is 418 g/mol. The molecule has 2 N–H and O–H groups in total. The number of nitrogens with one attached hydrogen (secondary N) is 2. The van der Waals surface area contributed by atoms with Gasteiger partial charge >= 0.3 is 5.97 Å². The number of hydrogen-bond donors (Lipinski definition) is 2. The van der Waals surface area contributed by atoms with Crippen molar-refractivity contribution in [2.45, 2.75) is 13.3 Å². The molecule has 29 heavy (non-hydrogen) atoms. The zero-order valence-electron chi connectivity index (χ0n) is 16.1. The van der Waals surface area contributed by atoms with Crippen LogP contribution in [0, 0.1) is 0 Å². The van der Waals surface area contributed by atoms with E-state index < -0.39 is 24.4 Å². The van der Waals surface area contributed by atoms with Crippen LogP contribution in [0.1, 0.15) is 22.8 Å². The summed E-state index contributed by atoms with van der Waals surface area (Å²) >= 11 is 5.90. The summed E-state index contributed by atoms with van der Waals surface area (Å²) in [7, 11) is 0. The molecular formula is C21H23ClN2O5. The minimum Gasteiger partial charge on any atom is -0.493 e. The Morgan fingerprint density at radius 3 is 2.59 bits per heavy atom. The normalized spacial score (nSPS) is 10.1. The molecule has 0 bridgehead atoms. The smallest absolute Gasteiger partial charge is 0.325 e. The number of ether oxygens (including phenoxy) is 2. The largest absolute Gasteiger partial charge is 0.493 e. The lowest BCUT2D eigenvalue weighted by molar-refractivity contribution is -0.147. The van der Waals surface area contributed by atoms with Gasteiger partial charge in [-0.05, 0) is 43.2 Å². The van der Waals surface area contributed by atoms with Crippen LogP contribution in [0.25, 0.3) is 0 Å². The first-order valence-corrected chi connectivity index (χ1v) is 9.54. The van der Waals surface area contributed by atoms with Gasteiger partial charge < -0.3 is 20.1 Å². The average Bonchev–Trinajstić information content (AvgIpc) is 2.71. The lowest BCUT2D eigenvalue weighted by Gasteiger charge is -2.10. The summed E-state index contributed by atoms with van der Waals surface area (Å²) in [5, 5.41) is 5.74. The van der Waals surface area contributed by atoms with Crippen molar-refractivity contribution in [2.24, 2.45) is 0 Å². The van der Waals surface area contributed by atoms with Gasteiger partial charge in [-0.15, -0.1) is 0 Å². The fourth-order valence-electron chi connectivity index (χ4n) is 2.47. The van der Waals surface area contributed by atoms with Crippen LogP contribution in [0.2, 0.25) is 5.02 Å². The molecule has 0 aromatic heterocycles. The van der Waals surface area contributed by atoms with Gasteiger partial charge in [-0.25, -0.2) is 0 Å². The Balaban J connectivity index is 1.67. The first-order chi connectivity index (χ1) is 14.0. The van der Waals surface area contributed by atoms with E-state index >= 15 is 0 Å². The highest BCUT2D eigenvalue weighted by molar-refractivity contribution is 6.30. The number of carbonyl (C=O) groups is 3. The van der Waals surface area contributed by atoms with E-state index in [2.05, 4.69) is 10.6 Å². The molecule has 0 atom stereocenters. The lowest BCUT2D eigenvalue weighted by atomic mass is 10.1. The predicted octanol–water partition coefficient (Wildman–Crippen LogP) is 2.37. The van der Waals surface area contributed by atoms with Crippen molar-refractivity contribution in [3.8, 4) is 5.75 Å². The molecule has 0 aliphatic carbocycles. The third-order valence-electron chi connectivity index (χ3n) is 3.81. The maximum Gasteiger partial charge on any atom is 0.325 e. The average molecular weight is 419 g/mol. The Morgan fingerprint density at radius 2 is 1.83 bits per heavy atom. The number of esters is 1. The predicted molar refractivity (Wildman–Crippen MR) is 109 cm³/mol. The summed E-state index contributed by atoms with van der Waals surface area (Å²) < 4.78 is 10.3. The molecule has 0 fully saturated rings. The van der Waals surface area contributed by atoms with Gasteiger partial charge in [-0.2, -0.15) is 0 Å². The van der Waals surface area contributed by atoms with Gasteiger partial charge in [0.05, 0.1) is 12.2 Å². The zero-order valence-corrected chi connectivity index (χ0v) is 16.8. The number of carbonyl (C=O) groups excluding carboxylic acids is 3. The van der Waals surface area contributed by atoms with Crippen LogP contribution in [0.5, 0.6) is 5.75 Å². The molecule has 7 nitrogen and oxygen atoms in total. The first kappa shape index (κ1) is 22.2. The molecular weight excluding hydrogens is 396 g/mol. The summed E-state index contributed by atoms with van der Waals surface area (Å²) in [6.45, 7) is 1.85. The molecule has 8 heteroatoms. The molecule has 0 spiro atoms. The number of amides is 2. The molecule has 154 valence electrons. The third kappa shape index (κ3) is 7.83. The van der Waals surface area contributed by atoms with Crippen molar-refractivity contribution in [3.05, 3.63) is 64.7 Å². The van der Waals surface area contributed by atoms with Gasteiger partial charge in [0.25, 0.3) is 11.8 Å². The summed E-state index contributed by atoms with van der Waals surface area (Å²) in [4.78, 5) is 35.7. The highest BCUT2D eigenvalue weighted by Crippen LogP contribution is 2.17. The van der Waals surface area contributed by atoms with Crippen molar-refractivity contribution in [1.82, 2.24) is 10.6 Å². The maximum absolute atomic E-state index is 12.2. The van der Waals surface area contributed by atoms with Gasteiger partial charge in [-0.3, -0.25) is 14.4 Å². The number of para-hydroxylation sites is 1. The first-order valence-electron chi connectivity index (χ1n) is 9.16. The highest BCUT2D eigenvalue weighted by Gasteiger charge is 2.14. The van der Waals surface area contributed by atoms with Gasteiger partial charge in [0.15, 0.2) is 6.61 Å². The van der Waals surface area contributed by atoms with Gasteiger partial charge in [-0.1, -0.05) is 35.9 Å². The molecule has 2 aromatic rings. The Morgan fingerprint density at radius 1 is 1.03 bits per heavy atom. The molecule has 0 saturated carbocycles. The van der Waals surface area contributed by atoms with Gasteiger partial charge in [0, 0.05) is 11.6 Å². The fraction of sp³-hybridized carbons (Fsp3) is 0.286. The molecule has 0 aliphatic heterocycles. The van der Waals surface area contributed by atoms with Crippen molar-refractivity contribution in [2.75, 3.05) is 26.3 Å². The van der Waals surface area contributed by atoms with Crippen LogP contribution in [0.3, 0.4) is 0 Å². The summed E-state index contributed by atoms with van der Waals surface area (Å²) in [5.41, 5.74) is 1.31. The van der Waals surface area contributed by atoms with Crippen LogP contribution in [0.15, 0.2) is 48.5 Å². The zero-order chi connectivity index (χ0) is 21.1. The van der Waals surface area contributed by atoms with Crippen LogP contribution in [0.4, 0.5) is 0 Å². The van der Waals surface area contributed by atoms with E-state index in [9.17, 15) is 14.4 Å². The van der Waals surface area contributed by atoms with E-state index in [0.717, 1.165) is 5.56 Å². The Bertz CT molecular complexity index is 856. The van der Waals surface area contributed by atoms with Crippen LogP contribution < -0.4 is 15.4 Å². The standard InChI is InChI=1S/C21H23ClN2O5/c1-2-28-18-9-4-3-8-17(18)21(27)24-13-20(26)29-14-19(25)23-11-10-15-6-5-7-16(22)12-15/h3-9,12H,2,10-11,13-14H2,1H3,(H,23,25)(H,24,27). The van der Waals surface area contributed by atoms with Crippen LogP contribution in [-0.2, 0) is 20.7 Å². The molecule has 0 aliphatic rings. The maximum atomic E-state index is 12.2. The quantitative estimate of drug-likeness (QED) is 0.578. The Labute approximate surface area is 174 Å². The topological polar surface area (TPSA) is 93.7 Å². The van der Waals surface area contributed by atoms with E-state index in [1.54, 1.807) is 30.3 Å². The second kappa shape index (κ2) is 11.7. The van der Waals surface area contributed by atoms with E-state index in [1.165, 1.54) is 0 Å². The Kier molecular flexibility index (Phi) is 8.98. The number of rotatable bonds is 10. The molecule has 0 heterocycles. The van der Waals surface area contributed by atoms with Crippen molar-refractivity contribution in [3.63, 3.8) is 0 Å². The van der Waals surface area contributed by atoms with Crippen molar-refractivity contribution < 1.29 is 23.9 Å². The van der Waals surface area contributed by atoms with E-state index in [0.29, 0.717) is 35.9 Å². The van der Waals surface area contributed by atoms with E-state index in [4.69, 9.17) is 21.1 Å². The van der Waals surface area contributed by atoms with Crippen molar-refractivity contribution >= 4 is 29.4 Å².